The lowest BCUT2D eigenvalue weighted by molar-refractivity contribution is -0.174. The molecule has 0 amide bonds. The minimum absolute atomic E-state index is 0.0546. The molecule has 0 bridgehead atoms. The summed E-state index contributed by atoms with van der Waals surface area (Å²) in [5.41, 5.74) is 1.54. The highest BCUT2D eigenvalue weighted by Crippen LogP contribution is 2.18. The highest BCUT2D eigenvalue weighted by Gasteiger charge is 2.27. The van der Waals surface area contributed by atoms with Gasteiger partial charge in [0.1, 0.15) is 12.4 Å². The Kier molecular flexibility index (Phi) is 4.62. The van der Waals surface area contributed by atoms with E-state index < -0.39 is 12.8 Å². The van der Waals surface area contributed by atoms with Gasteiger partial charge in [-0.15, -0.1) is 0 Å². The summed E-state index contributed by atoms with van der Waals surface area (Å²) in [6, 6.07) is 7.48. The first kappa shape index (κ1) is 15.5. The Balaban J connectivity index is 1.90. The fourth-order valence-electron chi connectivity index (χ4n) is 2.07. The van der Waals surface area contributed by atoms with Gasteiger partial charge in [0.2, 0.25) is 0 Å². The van der Waals surface area contributed by atoms with Gasteiger partial charge in [-0.3, -0.25) is 9.48 Å². The number of aryl methyl sites for hydroxylation is 1. The summed E-state index contributed by atoms with van der Waals surface area (Å²) in [4.78, 5) is 11.8. The summed E-state index contributed by atoms with van der Waals surface area (Å²) in [7, 11) is 1.78. The highest BCUT2D eigenvalue weighted by molar-refractivity contribution is 5.88. The van der Waals surface area contributed by atoms with Gasteiger partial charge < -0.3 is 4.74 Å². The Morgan fingerprint density at radius 1 is 1.33 bits per heavy atom. The molecule has 0 atom stereocenters. The van der Waals surface area contributed by atoms with Crippen LogP contribution in [-0.4, -0.2) is 35.0 Å². The van der Waals surface area contributed by atoms with Crippen molar-refractivity contribution >= 4 is 16.7 Å². The molecule has 114 valence electrons. The Labute approximate surface area is 119 Å². The van der Waals surface area contributed by atoms with Gasteiger partial charge in [-0.25, -0.2) is 0 Å². The van der Waals surface area contributed by atoms with E-state index in [1.165, 1.54) is 0 Å². The van der Waals surface area contributed by atoms with Crippen molar-refractivity contribution in [3.05, 3.63) is 30.0 Å². The SMILES string of the molecule is Cn1nc(CC(=O)CCOCC(F)(F)F)c2ccccc21. The number of aromatic nitrogens is 2. The van der Waals surface area contributed by atoms with Gasteiger partial charge in [-0.1, -0.05) is 18.2 Å². The monoisotopic (exact) mass is 300 g/mol. The van der Waals surface area contributed by atoms with Gasteiger partial charge >= 0.3 is 6.18 Å². The number of hydrogen-bond acceptors (Lipinski definition) is 3. The van der Waals surface area contributed by atoms with Crippen LogP contribution in [0.3, 0.4) is 0 Å². The molecule has 0 saturated carbocycles. The number of para-hydroxylation sites is 1. The second-order valence-corrected chi connectivity index (χ2v) is 4.72. The third kappa shape index (κ3) is 4.29. The average molecular weight is 300 g/mol. The number of hydrogen-bond donors (Lipinski definition) is 0. The number of fused-ring (bicyclic) bond motifs is 1. The number of Topliss-reactive ketones (excluding diaryl/α,β-unsaturated/α-hetero) is 1. The van der Waals surface area contributed by atoms with E-state index in [4.69, 9.17) is 0 Å². The van der Waals surface area contributed by atoms with E-state index in [1.807, 2.05) is 24.3 Å². The number of benzene rings is 1. The van der Waals surface area contributed by atoms with Crippen LogP contribution < -0.4 is 0 Å². The molecule has 0 aliphatic rings. The molecule has 0 spiro atoms. The van der Waals surface area contributed by atoms with E-state index in [0.29, 0.717) is 5.69 Å². The summed E-state index contributed by atoms with van der Waals surface area (Å²) in [5, 5.41) is 5.15. The summed E-state index contributed by atoms with van der Waals surface area (Å²) in [6.07, 6.45) is -4.32. The molecule has 1 heterocycles. The lowest BCUT2D eigenvalue weighted by Gasteiger charge is -2.06. The van der Waals surface area contributed by atoms with E-state index in [1.54, 1.807) is 11.7 Å². The van der Waals surface area contributed by atoms with Crippen molar-refractivity contribution < 1.29 is 22.7 Å². The predicted molar refractivity (Wildman–Crippen MR) is 70.9 cm³/mol. The van der Waals surface area contributed by atoms with Crippen LogP contribution in [0.4, 0.5) is 13.2 Å². The maximum Gasteiger partial charge on any atom is 0.411 e. The number of alkyl halides is 3. The summed E-state index contributed by atoms with van der Waals surface area (Å²) in [6.45, 7) is -1.56. The zero-order chi connectivity index (χ0) is 15.5. The molecule has 7 heteroatoms. The van der Waals surface area contributed by atoms with Crippen molar-refractivity contribution in [2.75, 3.05) is 13.2 Å². The van der Waals surface area contributed by atoms with Gasteiger partial charge in [0.15, 0.2) is 0 Å². The van der Waals surface area contributed by atoms with Crippen molar-refractivity contribution in [2.45, 2.75) is 19.0 Å². The molecule has 0 unspecified atom stereocenters. The summed E-state index contributed by atoms with van der Waals surface area (Å²) < 4.78 is 41.8. The molecule has 0 N–H and O–H groups in total. The Bertz CT molecular complexity index is 635. The molecule has 0 radical (unpaired) electrons. The van der Waals surface area contributed by atoms with Crippen molar-refractivity contribution in [3.8, 4) is 0 Å². The third-order valence-corrected chi connectivity index (χ3v) is 2.99. The Morgan fingerprint density at radius 3 is 2.76 bits per heavy atom. The van der Waals surface area contributed by atoms with Gasteiger partial charge in [0, 0.05) is 18.9 Å². The number of carbonyl (C=O) groups excluding carboxylic acids is 1. The molecule has 21 heavy (non-hydrogen) atoms. The molecular weight excluding hydrogens is 285 g/mol. The van der Waals surface area contributed by atoms with Crippen LogP contribution >= 0.6 is 0 Å². The second kappa shape index (κ2) is 6.26. The Hall–Kier alpha value is -1.89. The number of ether oxygens (including phenoxy) is 1. The lowest BCUT2D eigenvalue weighted by atomic mass is 10.1. The predicted octanol–water partition coefficient (Wildman–Crippen LogP) is 2.65. The van der Waals surface area contributed by atoms with Crippen LogP contribution in [0.2, 0.25) is 0 Å². The number of rotatable bonds is 6. The van der Waals surface area contributed by atoms with Crippen LogP contribution in [-0.2, 0) is 23.0 Å². The molecule has 2 aromatic rings. The molecule has 4 nitrogen and oxygen atoms in total. The van der Waals surface area contributed by atoms with Crippen LogP contribution in [0.1, 0.15) is 12.1 Å². The van der Waals surface area contributed by atoms with Gasteiger partial charge in [-0.05, 0) is 6.07 Å². The van der Waals surface area contributed by atoms with Gasteiger partial charge in [0.25, 0.3) is 0 Å². The van der Waals surface area contributed by atoms with E-state index in [2.05, 4.69) is 9.84 Å². The van der Waals surface area contributed by atoms with Crippen molar-refractivity contribution in [3.63, 3.8) is 0 Å². The fourth-order valence-corrected chi connectivity index (χ4v) is 2.07. The van der Waals surface area contributed by atoms with Crippen molar-refractivity contribution in [1.82, 2.24) is 9.78 Å². The topological polar surface area (TPSA) is 44.1 Å². The average Bonchev–Trinajstić information content (AvgIpc) is 2.71. The largest absolute Gasteiger partial charge is 0.411 e. The van der Waals surface area contributed by atoms with Crippen LogP contribution in [0.25, 0.3) is 10.9 Å². The van der Waals surface area contributed by atoms with Gasteiger partial charge in [-0.2, -0.15) is 18.3 Å². The summed E-state index contributed by atoms with van der Waals surface area (Å²) >= 11 is 0. The first-order valence-corrected chi connectivity index (χ1v) is 6.43. The molecule has 0 aliphatic heterocycles. The molecule has 0 fully saturated rings. The number of halogens is 3. The van der Waals surface area contributed by atoms with Crippen LogP contribution in [0.15, 0.2) is 24.3 Å². The fraction of sp³-hybridized carbons (Fsp3) is 0.429. The molecular formula is C14H15F3N2O2. The second-order valence-electron chi connectivity index (χ2n) is 4.72. The Morgan fingerprint density at radius 2 is 2.05 bits per heavy atom. The van der Waals surface area contributed by atoms with Crippen LogP contribution in [0, 0.1) is 0 Å². The highest BCUT2D eigenvalue weighted by atomic mass is 19.4. The first-order valence-electron chi connectivity index (χ1n) is 6.43. The number of carbonyl (C=O) groups is 1. The molecule has 0 saturated heterocycles. The smallest absolute Gasteiger partial charge is 0.372 e. The standard InChI is InChI=1S/C14H15F3N2O2/c1-19-13-5-3-2-4-11(13)12(18-19)8-10(20)6-7-21-9-14(15,16)17/h2-5H,6-9H2,1H3. The minimum Gasteiger partial charge on any atom is -0.372 e. The summed E-state index contributed by atoms with van der Waals surface area (Å²) in [5.74, 6) is -0.193. The quantitative estimate of drug-likeness (QED) is 0.770. The van der Waals surface area contributed by atoms with Crippen LogP contribution in [0.5, 0.6) is 0 Å². The van der Waals surface area contributed by atoms with E-state index in [9.17, 15) is 18.0 Å². The maximum absolute atomic E-state index is 11.9. The third-order valence-electron chi connectivity index (χ3n) is 2.99. The van der Waals surface area contributed by atoms with Gasteiger partial charge in [0.05, 0.1) is 24.2 Å². The zero-order valence-corrected chi connectivity index (χ0v) is 11.5. The number of nitrogens with zero attached hydrogens (tertiary/aromatic N) is 2. The van der Waals surface area contributed by atoms with E-state index in [0.717, 1.165) is 10.9 Å². The molecule has 0 aliphatic carbocycles. The first-order chi connectivity index (χ1) is 9.87. The minimum atomic E-state index is -4.36. The van der Waals surface area contributed by atoms with Crippen molar-refractivity contribution in [1.29, 1.82) is 0 Å². The maximum atomic E-state index is 11.9. The van der Waals surface area contributed by atoms with E-state index >= 15 is 0 Å². The molecule has 2 rings (SSSR count). The zero-order valence-electron chi connectivity index (χ0n) is 11.5. The molecule has 1 aromatic heterocycles. The normalized spacial score (nSPS) is 12.0. The van der Waals surface area contributed by atoms with Crippen molar-refractivity contribution in [2.24, 2.45) is 7.05 Å². The van der Waals surface area contributed by atoms with E-state index in [-0.39, 0.29) is 25.2 Å². The lowest BCUT2D eigenvalue weighted by Crippen LogP contribution is -2.18. The molecule has 1 aromatic carbocycles. The number of ketones is 1.